The molecule has 0 saturated heterocycles. The summed E-state index contributed by atoms with van der Waals surface area (Å²) in [5, 5.41) is 18.0. The van der Waals surface area contributed by atoms with Crippen molar-refractivity contribution < 1.29 is 5.03 Å². The van der Waals surface area contributed by atoms with Crippen LogP contribution in [-0.2, 0) is 0 Å². The highest BCUT2D eigenvalue weighted by Crippen LogP contribution is 1.59. The second-order valence-electron chi connectivity index (χ2n) is 1.46. The molecule has 0 rings (SSSR count). The molecule has 0 spiro atoms. The quantitative estimate of drug-likeness (QED) is 0.187. The first-order chi connectivity index (χ1) is 4.66. The Kier molecular flexibility index (Phi) is 8.04. The topological polar surface area (TPSA) is 117 Å². The van der Waals surface area contributed by atoms with Crippen molar-refractivity contribution in [1.29, 1.82) is 5.41 Å². The molecule has 5 N–H and O–H groups in total. The normalized spacial score (nSPS) is 7.73. The number of nitrogens with two attached hydrogens (primary N) is 1. The fraction of sp³-hybridized carbons (Fsp3) is 0.667. The number of hydrogen-bond acceptors (Lipinski definition) is 4. The number of nitro groups is 1. The van der Waals surface area contributed by atoms with Crippen molar-refractivity contribution in [3.05, 3.63) is 10.1 Å². The second kappa shape index (κ2) is 7.03. The molecule has 0 unspecified atom stereocenters. The number of nitrogens with one attached hydrogen (secondary N) is 3. The molecule has 0 aromatic carbocycles. The summed E-state index contributed by atoms with van der Waals surface area (Å²) in [6, 6.07) is 0. The Balaban J connectivity index is 0. The molecule has 0 bridgehead atoms. The summed E-state index contributed by atoms with van der Waals surface area (Å²) < 4.78 is 0. The number of rotatable bonds is 3. The first-order valence-electron chi connectivity index (χ1n) is 2.60. The van der Waals surface area contributed by atoms with Gasteiger partial charge in [-0.2, -0.15) is 0 Å². The van der Waals surface area contributed by atoms with Crippen LogP contribution < -0.4 is 16.5 Å². The van der Waals surface area contributed by atoms with Crippen molar-refractivity contribution >= 4 is 18.4 Å². The Hall–Kier alpha value is -1.08. The Morgan fingerprint density at radius 3 is 2.64 bits per heavy atom. The maximum atomic E-state index is 9.66. The lowest BCUT2D eigenvalue weighted by Crippen LogP contribution is -2.41. The molecule has 7 nitrogen and oxygen atoms in total. The average molecular weight is 184 g/mol. The zero-order valence-electron chi connectivity index (χ0n) is 5.66. The average Bonchev–Trinajstić information content (AvgIpc) is 1.82. The van der Waals surface area contributed by atoms with Crippen molar-refractivity contribution in [3.63, 3.8) is 0 Å². The summed E-state index contributed by atoms with van der Waals surface area (Å²) in [5.74, 6) is -0.351. The van der Waals surface area contributed by atoms with E-state index >= 15 is 0 Å². The van der Waals surface area contributed by atoms with E-state index in [2.05, 4.69) is 5.32 Å². The van der Waals surface area contributed by atoms with Gasteiger partial charge in [0.25, 0.3) is 5.96 Å². The summed E-state index contributed by atoms with van der Waals surface area (Å²) in [5.41, 5.74) is 6.67. The van der Waals surface area contributed by atoms with Crippen LogP contribution >= 0.6 is 12.4 Å². The first kappa shape index (κ1) is 12.6. The molecule has 11 heavy (non-hydrogen) atoms. The number of halogens is 1. The molecule has 0 aliphatic carbocycles. The number of hydrogen-bond donors (Lipinski definition) is 4. The van der Waals surface area contributed by atoms with E-state index in [9.17, 15) is 10.1 Å². The van der Waals surface area contributed by atoms with E-state index in [1.165, 1.54) is 0 Å². The summed E-state index contributed by atoms with van der Waals surface area (Å²) in [6.07, 6.45) is 0. The van der Waals surface area contributed by atoms with Crippen LogP contribution in [0.15, 0.2) is 0 Å². The third-order valence-corrected chi connectivity index (χ3v) is 0.649. The molecular formula is C3H10ClN5O2. The van der Waals surface area contributed by atoms with E-state index in [0.717, 1.165) is 0 Å². The predicted octanol–water partition coefficient (Wildman–Crippen LogP) is -1.33. The predicted molar refractivity (Wildman–Crippen MR) is 42.2 cm³/mol. The van der Waals surface area contributed by atoms with Crippen molar-refractivity contribution in [2.75, 3.05) is 13.1 Å². The zero-order valence-corrected chi connectivity index (χ0v) is 6.48. The molecule has 0 aliphatic heterocycles. The fourth-order valence-corrected chi connectivity index (χ4v) is 0.328. The van der Waals surface area contributed by atoms with Gasteiger partial charge in [0.05, 0.1) is 0 Å². The number of guanidine groups is 1. The van der Waals surface area contributed by atoms with Crippen LogP contribution in [-0.4, -0.2) is 24.1 Å². The van der Waals surface area contributed by atoms with Gasteiger partial charge in [-0.1, -0.05) is 5.43 Å². The highest BCUT2D eigenvalue weighted by molar-refractivity contribution is 5.85. The lowest BCUT2D eigenvalue weighted by molar-refractivity contribution is -0.525. The Bertz CT molecular complexity index is 140. The van der Waals surface area contributed by atoms with Gasteiger partial charge in [0.2, 0.25) is 0 Å². The maximum absolute atomic E-state index is 9.66. The smallest absolute Gasteiger partial charge is 0.251 e. The van der Waals surface area contributed by atoms with Gasteiger partial charge in [0.1, 0.15) is 0 Å². The van der Waals surface area contributed by atoms with Gasteiger partial charge in [0.15, 0.2) is 5.03 Å². The molecular weight excluding hydrogens is 174 g/mol. The van der Waals surface area contributed by atoms with E-state index in [1.54, 1.807) is 5.43 Å². The minimum absolute atomic E-state index is 0. The second-order valence-corrected chi connectivity index (χ2v) is 1.46. The summed E-state index contributed by atoms with van der Waals surface area (Å²) in [7, 11) is 0. The van der Waals surface area contributed by atoms with Crippen molar-refractivity contribution in [2.45, 2.75) is 0 Å². The van der Waals surface area contributed by atoms with Crippen LogP contribution in [0.3, 0.4) is 0 Å². The van der Waals surface area contributed by atoms with Crippen LogP contribution in [0.4, 0.5) is 0 Å². The molecule has 0 fully saturated rings. The molecule has 0 heterocycles. The Labute approximate surface area is 69.4 Å². The molecule has 0 aliphatic rings. The maximum Gasteiger partial charge on any atom is 0.251 e. The third-order valence-electron chi connectivity index (χ3n) is 0.649. The van der Waals surface area contributed by atoms with E-state index < -0.39 is 5.03 Å². The first-order valence-corrected chi connectivity index (χ1v) is 2.60. The lowest BCUT2D eigenvalue weighted by atomic mass is 10.6. The van der Waals surface area contributed by atoms with Gasteiger partial charge in [-0.3, -0.25) is 5.41 Å². The van der Waals surface area contributed by atoms with Crippen LogP contribution in [0.5, 0.6) is 0 Å². The van der Waals surface area contributed by atoms with Crippen molar-refractivity contribution in [2.24, 2.45) is 5.73 Å². The van der Waals surface area contributed by atoms with Crippen LogP contribution in [0.25, 0.3) is 0 Å². The highest BCUT2D eigenvalue weighted by atomic mass is 35.5. The molecule has 0 atom stereocenters. The van der Waals surface area contributed by atoms with Gasteiger partial charge >= 0.3 is 0 Å². The molecule has 0 radical (unpaired) electrons. The molecule has 66 valence electrons. The fourth-order valence-electron chi connectivity index (χ4n) is 0.328. The van der Waals surface area contributed by atoms with Crippen molar-refractivity contribution in [3.8, 4) is 0 Å². The SMILES string of the molecule is Cl.N=C(NCCN)N[N+](=O)[O-]. The van der Waals surface area contributed by atoms with Gasteiger partial charge in [-0.15, -0.1) is 12.4 Å². The highest BCUT2D eigenvalue weighted by Gasteiger charge is 1.98. The van der Waals surface area contributed by atoms with Gasteiger partial charge < -0.3 is 11.1 Å². The van der Waals surface area contributed by atoms with Gasteiger partial charge in [-0.25, -0.2) is 10.1 Å². The van der Waals surface area contributed by atoms with Crippen LogP contribution in [0.2, 0.25) is 0 Å². The molecule has 0 amide bonds. The lowest BCUT2D eigenvalue weighted by Gasteiger charge is -2.00. The minimum atomic E-state index is -0.814. The number of nitrogens with zero attached hydrogens (tertiary/aromatic N) is 1. The third kappa shape index (κ3) is 8.92. The standard InChI is InChI=1S/C3H9N5O2.ClH/c4-1-2-6-3(5)7-8(9)10;/h1-2,4H2,(H3,5,6,7);1H. The molecule has 0 aromatic rings. The molecule has 8 heteroatoms. The van der Waals surface area contributed by atoms with E-state index in [4.69, 9.17) is 11.1 Å². The Morgan fingerprint density at radius 2 is 2.27 bits per heavy atom. The minimum Gasteiger partial charge on any atom is -0.351 e. The van der Waals surface area contributed by atoms with E-state index in [1.807, 2.05) is 0 Å². The van der Waals surface area contributed by atoms with E-state index in [0.29, 0.717) is 13.1 Å². The number of hydrazine groups is 1. The molecule has 0 saturated carbocycles. The largest absolute Gasteiger partial charge is 0.351 e. The summed E-state index contributed by atoms with van der Waals surface area (Å²) in [4.78, 5) is 9.66. The Morgan fingerprint density at radius 1 is 1.73 bits per heavy atom. The van der Waals surface area contributed by atoms with Gasteiger partial charge in [0, 0.05) is 13.1 Å². The monoisotopic (exact) mass is 183 g/mol. The van der Waals surface area contributed by atoms with Crippen LogP contribution in [0.1, 0.15) is 0 Å². The summed E-state index contributed by atoms with van der Waals surface area (Å²) >= 11 is 0. The molecule has 0 aromatic heterocycles. The van der Waals surface area contributed by atoms with Crippen LogP contribution in [0, 0.1) is 15.5 Å². The zero-order chi connectivity index (χ0) is 7.98. The summed E-state index contributed by atoms with van der Waals surface area (Å²) in [6.45, 7) is 0.682. The van der Waals surface area contributed by atoms with E-state index in [-0.39, 0.29) is 18.4 Å². The van der Waals surface area contributed by atoms with Gasteiger partial charge in [-0.05, 0) is 0 Å². The van der Waals surface area contributed by atoms with Crippen molar-refractivity contribution in [1.82, 2.24) is 10.7 Å².